The van der Waals surface area contributed by atoms with Crippen molar-refractivity contribution in [1.82, 2.24) is 5.01 Å². The van der Waals surface area contributed by atoms with Gasteiger partial charge in [-0.05, 0) is 48.5 Å². The van der Waals surface area contributed by atoms with Gasteiger partial charge >= 0.3 is 0 Å². The Bertz CT molecular complexity index is 1220. The number of carbonyl (C=O) groups excluding carboxylic acids is 1. The number of nitrogens with zero attached hydrogens (tertiary/aromatic N) is 2. The Balaban J connectivity index is 1.53. The van der Waals surface area contributed by atoms with Crippen LogP contribution in [-0.4, -0.2) is 44.1 Å². The first-order valence-electron chi connectivity index (χ1n) is 10.6. The summed E-state index contributed by atoms with van der Waals surface area (Å²) in [6.07, 6.45) is -0.224. The normalized spacial score (nSPS) is 18.5. The van der Waals surface area contributed by atoms with Gasteiger partial charge in [0, 0.05) is 23.1 Å². The maximum atomic E-state index is 13.5. The van der Waals surface area contributed by atoms with Gasteiger partial charge in [0.15, 0.2) is 11.5 Å². The molecule has 7 nitrogen and oxygen atoms in total. The third-order valence-corrected chi connectivity index (χ3v) is 6.01. The van der Waals surface area contributed by atoms with Gasteiger partial charge in [-0.15, -0.1) is 0 Å². The maximum Gasteiger partial charge on any atom is 0.251 e. The number of ketones is 1. The van der Waals surface area contributed by atoms with Crippen LogP contribution < -0.4 is 18.9 Å². The molecule has 5 rings (SSSR count). The number of benzene rings is 3. The number of rotatable bonds is 6. The summed E-state index contributed by atoms with van der Waals surface area (Å²) < 4.78 is 22.2. The first-order valence-corrected chi connectivity index (χ1v) is 10.6. The number of para-hydroxylation sites is 1. The molecule has 0 radical (unpaired) electrons. The molecule has 0 unspecified atom stereocenters. The van der Waals surface area contributed by atoms with Crippen LogP contribution in [0.4, 0.5) is 0 Å². The van der Waals surface area contributed by atoms with Crippen LogP contribution in [-0.2, 0) is 0 Å². The number of methoxy groups -OCH3 is 3. The minimum atomic E-state index is -0.865. The molecule has 2 atom stereocenters. The first-order chi connectivity index (χ1) is 16.1. The van der Waals surface area contributed by atoms with Crippen LogP contribution in [0.5, 0.6) is 23.0 Å². The second kappa shape index (κ2) is 8.50. The van der Waals surface area contributed by atoms with E-state index < -0.39 is 6.23 Å². The molecule has 0 saturated heterocycles. The lowest BCUT2D eigenvalue weighted by atomic mass is 9.95. The Labute approximate surface area is 192 Å². The van der Waals surface area contributed by atoms with Crippen molar-refractivity contribution in [3.05, 3.63) is 83.4 Å². The van der Waals surface area contributed by atoms with Gasteiger partial charge in [0.2, 0.25) is 5.78 Å². The number of fused-ring (bicyclic) bond motifs is 3. The van der Waals surface area contributed by atoms with Crippen molar-refractivity contribution in [3.63, 3.8) is 0 Å². The van der Waals surface area contributed by atoms with Crippen LogP contribution in [0, 0.1) is 0 Å². The van der Waals surface area contributed by atoms with Gasteiger partial charge in [-0.3, -0.25) is 4.79 Å². The summed E-state index contributed by atoms with van der Waals surface area (Å²) in [5, 5.41) is 6.63. The van der Waals surface area contributed by atoms with Crippen LogP contribution >= 0.6 is 0 Å². The second-order valence-electron chi connectivity index (χ2n) is 7.82. The number of hydrogen-bond acceptors (Lipinski definition) is 7. The maximum absolute atomic E-state index is 13.5. The van der Waals surface area contributed by atoms with Gasteiger partial charge in [-0.2, -0.15) is 5.10 Å². The molecule has 0 saturated carbocycles. The number of hydrazone groups is 1. The van der Waals surface area contributed by atoms with Crippen LogP contribution in [0.3, 0.4) is 0 Å². The molecule has 0 aromatic heterocycles. The monoisotopic (exact) mass is 444 g/mol. The van der Waals surface area contributed by atoms with Crippen molar-refractivity contribution in [2.24, 2.45) is 5.10 Å². The molecule has 2 aliphatic rings. The van der Waals surface area contributed by atoms with Crippen LogP contribution in [0.25, 0.3) is 0 Å². The third-order valence-electron chi connectivity index (χ3n) is 6.01. The fourth-order valence-corrected chi connectivity index (χ4v) is 4.30. The van der Waals surface area contributed by atoms with Gasteiger partial charge in [0.1, 0.15) is 11.5 Å². The molecule has 0 bridgehead atoms. The minimum Gasteiger partial charge on any atom is -0.497 e. The van der Waals surface area contributed by atoms with Crippen LogP contribution in [0.15, 0.2) is 71.8 Å². The lowest BCUT2D eigenvalue weighted by Gasteiger charge is -2.37. The zero-order valence-electron chi connectivity index (χ0n) is 18.6. The van der Waals surface area contributed by atoms with Crippen molar-refractivity contribution < 1.29 is 23.7 Å². The summed E-state index contributed by atoms with van der Waals surface area (Å²) in [6.45, 7) is 0. The predicted octanol–water partition coefficient (Wildman–Crippen LogP) is 4.46. The number of carbonyl (C=O) groups is 1. The molecule has 3 aromatic rings. The van der Waals surface area contributed by atoms with Gasteiger partial charge in [0.25, 0.3) is 6.23 Å². The molecular weight excluding hydrogens is 420 g/mol. The lowest BCUT2D eigenvalue weighted by molar-refractivity contribution is -0.00455. The molecule has 3 aromatic carbocycles. The standard InChI is InChI=1S/C26H24N2O5/c1-30-18-11-8-16(9-12-18)25(29)26-28-21(19-6-4-5-7-22(19)33-26)15-20(27-28)17-10-13-23(31-2)24(14-17)32-3/h4-14,21,26H,15H2,1-3H3/t21-,26-/m1/s1. The summed E-state index contributed by atoms with van der Waals surface area (Å²) in [4.78, 5) is 13.5. The molecule has 2 heterocycles. The molecule has 0 fully saturated rings. The molecule has 2 aliphatic heterocycles. The van der Waals surface area contributed by atoms with Crippen molar-refractivity contribution in [2.75, 3.05) is 21.3 Å². The summed E-state index contributed by atoms with van der Waals surface area (Å²) >= 11 is 0. The van der Waals surface area contributed by atoms with Crippen molar-refractivity contribution in [2.45, 2.75) is 18.7 Å². The summed E-state index contributed by atoms with van der Waals surface area (Å²) in [6, 6.07) is 20.4. The Kier molecular flexibility index (Phi) is 5.38. The average molecular weight is 444 g/mol. The van der Waals surface area contributed by atoms with E-state index in [4.69, 9.17) is 24.0 Å². The van der Waals surface area contributed by atoms with Gasteiger partial charge in [0.05, 0.1) is 33.1 Å². The van der Waals surface area contributed by atoms with E-state index in [1.165, 1.54) is 0 Å². The fraction of sp³-hybridized carbons (Fsp3) is 0.231. The quantitative estimate of drug-likeness (QED) is 0.523. The molecule has 0 spiro atoms. The van der Waals surface area contributed by atoms with Gasteiger partial charge in [-0.25, -0.2) is 5.01 Å². The van der Waals surface area contributed by atoms with Gasteiger partial charge in [-0.1, -0.05) is 18.2 Å². The average Bonchev–Trinajstić information content (AvgIpc) is 3.33. The molecular formula is C26H24N2O5. The topological polar surface area (TPSA) is 69.6 Å². The summed E-state index contributed by atoms with van der Waals surface area (Å²) in [5.41, 5.74) is 3.31. The molecule has 33 heavy (non-hydrogen) atoms. The van der Waals surface area contributed by atoms with E-state index in [2.05, 4.69) is 0 Å². The van der Waals surface area contributed by atoms with E-state index in [1.807, 2.05) is 42.5 Å². The van der Waals surface area contributed by atoms with E-state index in [-0.39, 0.29) is 11.8 Å². The first kappa shape index (κ1) is 20.9. The Hall–Kier alpha value is -4.00. The Morgan fingerprint density at radius 1 is 0.939 bits per heavy atom. The minimum absolute atomic E-state index is 0.106. The largest absolute Gasteiger partial charge is 0.497 e. The van der Waals surface area contributed by atoms with E-state index in [9.17, 15) is 4.79 Å². The highest BCUT2D eigenvalue weighted by atomic mass is 16.5. The zero-order valence-corrected chi connectivity index (χ0v) is 18.6. The SMILES string of the molecule is COc1ccc(C(=O)[C@H]2Oc3ccccc3[C@H]3CC(c4ccc(OC)c(OC)c4)=NN23)cc1. The molecule has 0 N–H and O–H groups in total. The lowest BCUT2D eigenvalue weighted by Crippen LogP contribution is -2.45. The molecule has 168 valence electrons. The van der Waals surface area contributed by atoms with Crippen molar-refractivity contribution >= 4 is 11.5 Å². The van der Waals surface area contributed by atoms with E-state index in [1.54, 1.807) is 50.6 Å². The second-order valence-corrected chi connectivity index (χ2v) is 7.82. The van der Waals surface area contributed by atoms with Crippen molar-refractivity contribution in [3.8, 4) is 23.0 Å². The summed E-state index contributed by atoms with van der Waals surface area (Å²) in [7, 11) is 4.81. The Morgan fingerprint density at radius 3 is 2.42 bits per heavy atom. The Morgan fingerprint density at radius 2 is 1.70 bits per heavy atom. The van der Waals surface area contributed by atoms with Crippen LogP contribution in [0.1, 0.15) is 33.9 Å². The number of ether oxygens (including phenoxy) is 4. The highest BCUT2D eigenvalue weighted by Crippen LogP contribution is 2.44. The zero-order chi connectivity index (χ0) is 22.9. The fourth-order valence-electron chi connectivity index (χ4n) is 4.30. The highest BCUT2D eigenvalue weighted by Gasteiger charge is 2.43. The smallest absolute Gasteiger partial charge is 0.251 e. The summed E-state index contributed by atoms with van der Waals surface area (Å²) in [5.74, 6) is 2.52. The molecule has 0 amide bonds. The van der Waals surface area contributed by atoms with Crippen LogP contribution in [0.2, 0.25) is 0 Å². The van der Waals surface area contributed by atoms with E-state index in [0.29, 0.717) is 35.0 Å². The van der Waals surface area contributed by atoms with Gasteiger partial charge < -0.3 is 18.9 Å². The van der Waals surface area contributed by atoms with E-state index in [0.717, 1.165) is 16.8 Å². The molecule has 7 heteroatoms. The predicted molar refractivity (Wildman–Crippen MR) is 123 cm³/mol. The third kappa shape index (κ3) is 3.65. The number of hydrogen-bond donors (Lipinski definition) is 0. The van der Waals surface area contributed by atoms with Crippen molar-refractivity contribution in [1.29, 1.82) is 0 Å². The molecule has 0 aliphatic carbocycles. The number of Topliss-reactive ketones (excluding diaryl/α,β-unsaturated/α-hetero) is 1. The van der Waals surface area contributed by atoms with E-state index >= 15 is 0 Å². The highest BCUT2D eigenvalue weighted by molar-refractivity contribution is 6.04.